The van der Waals surface area contributed by atoms with Gasteiger partial charge < -0.3 is 15.4 Å². The van der Waals surface area contributed by atoms with E-state index in [1.54, 1.807) is 18.2 Å². The summed E-state index contributed by atoms with van der Waals surface area (Å²) in [5, 5.41) is 10.6. The maximum absolute atomic E-state index is 12.3. The van der Waals surface area contributed by atoms with Crippen LogP contribution in [-0.4, -0.2) is 39.8 Å². The topological polar surface area (TPSA) is 106 Å². The van der Waals surface area contributed by atoms with E-state index in [0.29, 0.717) is 18.1 Å². The Hall–Kier alpha value is -1.94. The number of hydrogen-bond acceptors (Lipinski definition) is 4. The van der Waals surface area contributed by atoms with E-state index in [4.69, 9.17) is 5.14 Å². The molecule has 10 heteroatoms. The molecular weight excluding hydrogens is 330 g/mol. The Morgan fingerprint density at radius 1 is 1.35 bits per heavy atom. The van der Waals surface area contributed by atoms with Crippen LogP contribution >= 0.6 is 0 Å². The van der Waals surface area contributed by atoms with E-state index in [1.165, 1.54) is 6.07 Å². The SMILES string of the molecule is CCNC(=NCc1ccccc1OC(F)F)NCCS(N)(=O)=O. The summed E-state index contributed by atoms with van der Waals surface area (Å²) >= 11 is 0. The molecule has 0 bridgehead atoms. The number of alkyl halides is 2. The zero-order valence-corrected chi connectivity index (χ0v) is 13.4. The molecule has 1 aromatic carbocycles. The van der Waals surface area contributed by atoms with Crippen LogP contribution in [0.15, 0.2) is 29.3 Å². The summed E-state index contributed by atoms with van der Waals surface area (Å²) in [7, 11) is -3.57. The quantitative estimate of drug-likeness (QED) is 0.471. The van der Waals surface area contributed by atoms with Crippen molar-refractivity contribution in [2.75, 3.05) is 18.8 Å². The largest absolute Gasteiger partial charge is 0.434 e. The van der Waals surface area contributed by atoms with Gasteiger partial charge in [-0.25, -0.2) is 18.5 Å². The van der Waals surface area contributed by atoms with Crippen molar-refractivity contribution in [3.8, 4) is 5.75 Å². The number of hydrogen-bond donors (Lipinski definition) is 3. The molecule has 0 saturated heterocycles. The second kappa shape index (κ2) is 9.26. The summed E-state index contributed by atoms with van der Waals surface area (Å²) < 4.78 is 50.9. The average Bonchev–Trinajstić information content (AvgIpc) is 2.44. The van der Waals surface area contributed by atoms with Crippen LogP contribution in [0.2, 0.25) is 0 Å². The van der Waals surface area contributed by atoms with Crippen LogP contribution in [0.1, 0.15) is 12.5 Å². The highest BCUT2D eigenvalue weighted by molar-refractivity contribution is 7.89. The van der Waals surface area contributed by atoms with Crippen molar-refractivity contribution in [1.82, 2.24) is 10.6 Å². The Morgan fingerprint density at radius 2 is 2.04 bits per heavy atom. The fourth-order valence-corrected chi connectivity index (χ4v) is 2.05. The van der Waals surface area contributed by atoms with Crippen LogP contribution in [0, 0.1) is 0 Å². The lowest BCUT2D eigenvalue weighted by atomic mass is 10.2. The second-order valence-electron chi connectivity index (χ2n) is 4.48. The summed E-state index contributed by atoms with van der Waals surface area (Å²) in [6, 6.07) is 6.32. The zero-order chi connectivity index (χ0) is 17.3. The molecule has 0 aliphatic carbocycles. The highest BCUT2D eigenvalue weighted by Gasteiger charge is 2.09. The van der Waals surface area contributed by atoms with Gasteiger partial charge in [0.1, 0.15) is 5.75 Å². The predicted octanol–water partition coefficient (Wildman–Crippen LogP) is 0.632. The molecule has 0 atom stereocenters. The monoisotopic (exact) mass is 350 g/mol. The fraction of sp³-hybridized carbons (Fsp3) is 0.462. The van der Waals surface area contributed by atoms with E-state index in [9.17, 15) is 17.2 Å². The van der Waals surface area contributed by atoms with Crippen LogP contribution in [0.4, 0.5) is 8.78 Å². The number of primary sulfonamides is 1. The first-order chi connectivity index (χ1) is 10.8. The van der Waals surface area contributed by atoms with Crippen molar-refractivity contribution >= 4 is 16.0 Å². The summed E-state index contributed by atoms with van der Waals surface area (Å²) in [6.07, 6.45) is 0. The number of benzene rings is 1. The van der Waals surface area contributed by atoms with Crippen LogP contribution in [-0.2, 0) is 16.6 Å². The van der Waals surface area contributed by atoms with E-state index in [2.05, 4.69) is 20.4 Å². The molecule has 0 fully saturated rings. The third kappa shape index (κ3) is 8.31. The molecule has 1 aromatic rings. The maximum Gasteiger partial charge on any atom is 0.387 e. The second-order valence-corrected chi connectivity index (χ2v) is 6.21. The molecule has 0 heterocycles. The molecule has 0 saturated carbocycles. The van der Waals surface area contributed by atoms with E-state index >= 15 is 0 Å². The first-order valence-corrected chi connectivity index (χ1v) is 8.58. The van der Waals surface area contributed by atoms with E-state index in [-0.39, 0.29) is 24.6 Å². The number of nitrogens with zero attached hydrogens (tertiary/aromatic N) is 1. The zero-order valence-electron chi connectivity index (χ0n) is 12.6. The van der Waals surface area contributed by atoms with Crippen LogP contribution in [0.5, 0.6) is 5.75 Å². The number of para-hydroxylation sites is 1. The van der Waals surface area contributed by atoms with Gasteiger partial charge in [-0.15, -0.1) is 0 Å². The van der Waals surface area contributed by atoms with Crippen molar-refractivity contribution in [3.05, 3.63) is 29.8 Å². The number of nitrogens with one attached hydrogen (secondary N) is 2. The average molecular weight is 350 g/mol. The number of guanidine groups is 1. The van der Waals surface area contributed by atoms with E-state index < -0.39 is 16.6 Å². The highest BCUT2D eigenvalue weighted by atomic mass is 32.2. The van der Waals surface area contributed by atoms with Gasteiger partial charge in [-0.2, -0.15) is 8.78 Å². The Bertz CT molecular complexity index is 623. The number of nitrogens with two attached hydrogens (primary N) is 1. The first kappa shape index (κ1) is 19.1. The minimum Gasteiger partial charge on any atom is -0.434 e. The fourth-order valence-electron chi connectivity index (χ4n) is 1.66. The lowest BCUT2D eigenvalue weighted by molar-refractivity contribution is -0.0504. The maximum atomic E-state index is 12.3. The number of aliphatic imine (C=N–C) groups is 1. The molecule has 0 aromatic heterocycles. The Labute approximate surface area is 134 Å². The molecule has 7 nitrogen and oxygen atoms in total. The molecule has 4 N–H and O–H groups in total. The molecule has 130 valence electrons. The van der Waals surface area contributed by atoms with Crippen molar-refractivity contribution in [1.29, 1.82) is 0 Å². The number of sulfonamides is 1. The summed E-state index contributed by atoms with van der Waals surface area (Å²) in [4.78, 5) is 4.21. The van der Waals surface area contributed by atoms with Gasteiger partial charge in [0.15, 0.2) is 5.96 Å². The third-order valence-corrected chi connectivity index (χ3v) is 3.39. The first-order valence-electron chi connectivity index (χ1n) is 6.87. The minimum atomic E-state index is -3.57. The Kier molecular flexibility index (Phi) is 7.69. The molecule has 0 unspecified atom stereocenters. The molecule has 23 heavy (non-hydrogen) atoms. The molecule has 0 aliphatic rings. The Balaban J connectivity index is 2.73. The molecule has 0 amide bonds. The van der Waals surface area contributed by atoms with Gasteiger partial charge in [-0.05, 0) is 13.0 Å². The molecule has 0 aliphatic heterocycles. The number of rotatable bonds is 8. The molecular formula is C13H20F2N4O3S. The molecule has 0 radical (unpaired) electrons. The smallest absolute Gasteiger partial charge is 0.387 e. The van der Waals surface area contributed by atoms with Gasteiger partial charge in [0, 0.05) is 18.7 Å². The van der Waals surface area contributed by atoms with E-state index in [1.807, 2.05) is 6.92 Å². The highest BCUT2D eigenvalue weighted by Crippen LogP contribution is 2.20. The molecule has 0 spiro atoms. The van der Waals surface area contributed by atoms with Crippen LogP contribution in [0.25, 0.3) is 0 Å². The summed E-state index contributed by atoms with van der Waals surface area (Å²) in [5.74, 6) is 0.150. The van der Waals surface area contributed by atoms with Crippen LogP contribution in [0.3, 0.4) is 0 Å². The van der Waals surface area contributed by atoms with Gasteiger partial charge in [0.2, 0.25) is 10.0 Å². The van der Waals surface area contributed by atoms with Crippen molar-refractivity contribution in [2.24, 2.45) is 10.1 Å². The van der Waals surface area contributed by atoms with Crippen LogP contribution < -0.4 is 20.5 Å². The summed E-state index contributed by atoms with van der Waals surface area (Å²) in [5.41, 5.74) is 0.483. The third-order valence-electron chi connectivity index (χ3n) is 2.62. The molecule has 1 rings (SSSR count). The van der Waals surface area contributed by atoms with Gasteiger partial charge >= 0.3 is 6.61 Å². The normalized spacial score (nSPS) is 12.3. The van der Waals surface area contributed by atoms with Gasteiger partial charge in [0.25, 0.3) is 0 Å². The minimum absolute atomic E-state index is 0.0478. The standard InChI is InChI=1S/C13H20F2N4O3S/c1-2-17-13(18-7-8-23(16,20)21)19-9-10-5-3-4-6-11(10)22-12(14)15/h3-6,12H,2,7-9H2,1H3,(H2,16,20,21)(H2,17,18,19). The van der Waals surface area contributed by atoms with Gasteiger partial charge in [0.05, 0.1) is 12.3 Å². The van der Waals surface area contributed by atoms with Gasteiger partial charge in [-0.1, -0.05) is 18.2 Å². The lowest BCUT2D eigenvalue weighted by Gasteiger charge is -2.12. The number of ether oxygens (including phenoxy) is 1. The van der Waals surface area contributed by atoms with Crippen molar-refractivity contribution in [3.63, 3.8) is 0 Å². The van der Waals surface area contributed by atoms with Gasteiger partial charge in [-0.3, -0.25) is 0 Å². The number of halogens is 2. The van der Waals surface area contributed by atoms with Crippen molar-refractivity contribution in [2.45, 2.75) is 20.1 Å². The summed E-state index contributed by atoms with van der Waals surface area (Å²) in [6.45, 7) is -0.351. The lowest BCUT2D eigenvalue weighted by Crippen LogP contribution is -2.40. The predicted molar refractivity (Wildman–Crippen MR) is 83.9 cm³/mol. The van der Waals surface area contributed by atoms with Crippen molar-refractivity contribution < 1.29 is 21.9 Å². The van der Waals surface area contributed by atoms with E-state index in [0.717, 1.165) is 0 Å². The Morgan fingerprint density at radius 3 is 2.65 bits per heavy atom.